The van der Waals surface area contributed by atoms with E-state index in [4.69, 9.17) is 22.1 Å². The van der Waals surface area contributed by atoms with Crippen molar-refractivity contribution in [3.63, 3.8) is 0 Å². The Morgan fingerprint density at radius 3 is 2.94 bits per heavy atom. The Balaban J connectivity index is 2.02. The first kappa shape index (κ1) is 11.6. The Morgan fingerprint density at radius 1 is 1.38 bits per heavy atom. The Labute approximate surface area is 100 Å². The fraction of sp³-hybridized carbons (Fsp3) is 0.636. The smallest absolute Gasteiger partial charge is 0.234 e. The summed E-state index contributed by atoms with van der Waals surface area (Å²) in [7, 11) is 0. The lowest BCUT2D eigenvalue weighted by molar-refractivity contribution is 0.0919. The van der Waals surface area contributed by atoms with Crippen molar-refractivity contribution in [1.29, 1.82) is 0 Å². The number of nitrogens with two attached hydrogens (primary N) is 1. The third-order valence-electron chi connectivity index (χ3n) is 3.00. The predicted molar refractivity (Wildman–Crippen MR) is 62.5 cm³/mol. The molecule has 1 aromatic rings. The van der Waals surface area contributed by atoms with Crippen LogP contribution in [0.15, 0.2) is 12.4 Å². The SMILES string of the molecule is NCC1CCCCC1Oc1cncc(Cl)n1. The summed E-state index contributed by atoms with van der Waals surface area (Å²) in [5.74, 6) is 0.924. The average molecular weight is 242 g/mol. The maximum absolute atomic E-state index is 5.80. The highest BCUT2D eigenvalue weighted by molar-refractivity contribution is 6.29. The van der Waals surface area contributed by atoms with Crippen LogP contribution < -0.4 is 10.5 Å². The molecule has 16 heavy (non-hydrogen) atoms. The second kappa shape index (κ2) is 5.46. The zero-order valence-corrected chi connectivity index (χ0v) is 9.86. The highest BCUT2D eigenvalue weighted by atomic mass is 35.5. The molecule has 0 aromatic carbocycles. The van der Waals surface area contributed by atoms with Gasteiger partial charge in [0.2, 0.25) is 5.88 Å². The van der Waals surface area contributed by atoms with Crippen molar-refractivity contribution in [2.24, 2.45) is 11.7 Å². The van der Waals surface area contributed by atoms with E-state index < -0.39 is 0 Å². The van der Waals surface area contributed by atoms with Gasteiger partial charge in [-0.1, -0.05) is 18.0 Å². The Kier molecular flexibility index (Phi) is 3.96. The topological polar surface area (TPSA) is 61.0 Å². The number of halogens is 1. The third-order valence-corrected chi connectivity index (χ3v) is 3.18. The van der Waals surface area contributed by atoms with Gasteiger partial charge >= 0.3 is 0 Å². The van der Waals surface area contributed by atoms with Crippen LogP contribution in [-0.4, -0.2) is 22.6 Å². The molecule has 1 aliphatic carbocycles. The van der Waals surface area contributed by atoms with E-state index >= 15 is 0 Å². The fourth-order valence-electron chi connectivity index (χ4n) is 2.14. The largest absolute Gasteiger partial charge is 0.473 e. The molecule has 0 bridgehead atoms. The van der Waals surface area contributed by atoms with E-state index in [0.717, 1.165) is 12.8 Å². The molecule has 1 aromatic heterocycles. The monoisotopic (exact) mass is 241 g/mol. The molecule has 4 nitrogen and oxygen atoms in total. The first-order valence-corrected chi connectivity index (χ1v) is 6.01. The standard InChI is InChI=1S/C11H16ClN3O/c12-10-6-14-7-11(15-10)16-9-4-2-1-3-8(9)5-13/h6-9H,1-5,13H2. The van der Waals surface area contributed by atoms with Gasteiger partial charge in [-0.3, -0.25) is 4.98 Å². The molecule has 0 spiro atoms. The molecule has 1 aliphatic rings. The molecule has 0 aliphatic heterocycles. The molecule has 2 atom stereocenters. The molecule has 1 saturated carbocycles. The maximum atomic E-state index is 5.80. The van der Waals surface area contributed by atoms with Gasteiger partial charge in [-0.15, -0.1) is 0 Å². The highest BCUT2D eigenvalue weighted by Gasteiger charge is 2.25. The Hall–Kier alpha value is -0.870. The number of hydrogen-bond acceptors (Lipinski definition) is 4. The summed E-state index contributed by atoms with van der Waals surface area (Å²) >= 11 is 5.75. The highest BCUT2D eigenvalue weighted by Crippen LogP contribution is 2.27. The van der Waals surface area contributed by atoms with Crippen molar-refractivity contribution in [2.75, 3.05) is 6.54 Å². The first-order chi connectivity index (χ1) is 7.79. The summed E-state index contributed by atoms with van der Waals surface area (Å²) in [5, 5.41) is 0.359. The lowest BCUT2D eigenvalue weighted by Crippen LogP contribution is -2.35. The number of rotatable bonds is 3. The quantitative estimate of drug-likeness (QED) is 0.880. The van der Waals surface area contributed by atoms with E-state index in [2.05, 4.69) is 9.97 Å². The van der Waals surface area contributed by atoms with E-state index in [9.17, 15) is 0 Å². The third kappa shape index (κ3) is 2.83. The Morgan fingerprint density at radius 2 is 2.19 bits per heavy atom. The minimum absolute atomic E-state index is 0.159. The van der Waals surface area contributed by atoms with Crippen LogP contribution in [0.2, 0.25) is 5.15 Å². The van der Waals surface area contributed by atoms with Gasteiger partial charge in [0.05, 0.1) is 12.4 Å². The van der Waals surface area contributed by atoms with Crippen molar-refractivity contribution < 1.29 is 4.74 Å². The molecule has 0 saturated heterocycles. The summed E-state index contributed by atoms with van der Waals surface area (Å²) in [6, 6.07) is 0. The van der Waals surface area contributed by atoms with Gasteiger partial charge in [0.15, 0.2) is 5.15 Å². The molecule has 2 unspecified atom stereocenters. The van der Waals surface area contributed by atoms with Gasteiger partial charge in [-0.2, -0.15) is 4.98 Å². The summed E-state index contributed by atoms with van der Waals surface area (Å²) in [6.45, 7) is 0.665. The van der Waals surface area contributed by atoms with Gasteiger partial charge in [-0.05, 0) is 25.8 Å². The number of nitrogens with zero attached hydrogens (tertiary/aromatic N) is 2. The summed E-state index contributed by atoms with van der Waals surface area (Å²) in [4.78, 5) is 8.03. The second-order valence-corrected chi connectivity index (χ2v) is 4.50. The van der Waals surface area contributed by atoms with E-state index in [-0.39, 0.29) is 6.10 Å². The van der Waals surface area contributed by atoms with Crippen LogP contribution in [-0.2, 0) is 0 Å². The van der Waals surface area contributed by atoms with Gasteiger partial charge in [0.25, 0.3) is 0 Å². The van der Waals surface area contributed by atoms with Gasteiger partial charge < -0.3 is 10.5 Å². The summed E-state index contributed by atoms with van der Waals surface area (Å²) < 4.78 is 5.80. The zero-order chi connectivity index (χ0) is 11.4. The van der Waals surface area contributed by atoms with E-state index in [1.54, 1.807) is 6.20 Å². The van der Waals surface area contributed by atoms with Crippen LogP contribution in [0.4, 0.5) is 0 Å². The van der Waals surface area contributed by atoms with Crippen LogP contribution in [0, 0.1) is 5.92 Å². The average Bonchev–Trinajstić information content (AvgIpc) is 2.30. The molecule has 0 amide bonds. The second-order valence-electron chi connectivity index (χ2n) is 4.12. The van der Waals surface area contributed by atoms with Crippen LogP contribution in [0.5, 0.6) is 5.88 Å². The van der Waals surface area contributed by atoms with E-state index in [0.29, 0.717) is 23.5 Å². The molecule has 2 rings (SSSR count). The molecular weight excluding hydrogens is 226 g/mol. The van der Waals surface area contributed by atoms with Crippen molar-refractivity contribution in [3.8, 4) is 5.88 Å². The Bertz CT molecular complexity index is 348. The molecular formula is C11H16ClN3O. The summed E-state index contributed by atoms with van der Waals surface area (Å²) in [6.07, 6.45) is 7.85. The normalized spacial score (nSPS) is 25.4. The van der Waals surface area contributed by atoms with Crippen molar-refractivity contribution in [3.05, 3.63) is 17.5 Å². The predicted octanol–water partition coefficient (Wildman–Crippen LogP) is 2.03. The van der Waals surface area contributed by atoms with Crippen LogP contribution in [0.25, 0.3) is 0 Å². The molecule has 1 heterocycles. The van der Waals surface area contributed by atoms with Gasteiger partial charge in [-0.25, -0.2) is 0 Å². The lowest BCUT2D eigenvalue weighted by atomic mass is 9.86. The zero-order valence-electron chi connectivity index (χ0n) is 9.10. The van der Waals surface area contributed by atoms with Crippen LogP contribution >= 0.6 is 11.6 Å². The molecule has 0 radical (unpaired) electrons. The van der Waals surface area contributed by atoms with Crippen molar-refractivity contribution in [2.45, 2.75) is 31.8 Å². The molecule has 88 valence electrons. The minimum atomic E-state index is 0.159. The maximum Gasteiger partial charge on any atom is 0.234 e. The number of hydrogen-bond donors (Lipinski definition) is 1. The molecule has 1 fully saturated rings. The van der Waals surface area contributed by atoms with Crippen molar-refractivity contribution >= 4 is 11.6 Å². The number of ether oxygens (including phenoxy) is 1. The summed E-state index contributed by atoms with van der Waals surface area (Å²) in [5.41, 5.74) is 5.74. The lowest BCUT2D eigenvalue weighted by Gasteiger charge is -2.30. The van der Waals surface area contributed by atoms with Crippen LogP contribution in [0.3, 0.4) is 0 Å². The molecule has 2 N–H and O–H groups in total. The number of aromatic nitrogens is 2. The van der Waals surface area contributed by atoms with Crippen molar-refractivity contribution in [1.82, 2.24) is 9.97 Å². The minimum Gasteiger partial charge on any atom is -0.473 e. The van der Waals surface area contributed by atoms with Gasteiger partial charge in [0.1, 0.15) is 6.10 Å². The van der Waals surface area contributed by atoms with Gasteiger partial charge in [0, 0.05) is 5.92 Å². The molecule has 5 heteroatoms. The fourth-order valence-corrected chi connectivity index (χ4v) is 2.28. The van der Waals surface area contributed by atoms with E-state index in [1.165, 1.54) is 19.0 Å². The van der Waals surface area contributed by atoms with E-state index in [1.807, 2.05) is 0 Å². The van der Waals surface area contributed by atoms with Crippen LogP contribution in [0.1, 0.15) is 25.7 Å². The first-order valence-electron chi connectivity index (χ1n) is 5.64.